The fourth-order valence-corrected chi connectivity index (χ4v) is 1.50. The molecule has 2 heteroatoms. The number of likely N-dealkylation sites (tertiary alicyclic amines) is 1. The first-order valence-electron chi connectivity index (χ1n) is 4.00. The van der Waals surface area contributed by atoms with E-state index >= 15 is 0 Å². The lowest BCUT2D eigenvalue weighted by atomic mass is 9.95. The number of amides is 1. The van der Waals surface area contributed by atoms with Crippen molar-refractivity contribution in [1.82, 2.24) is 4.90 Å². The Morgan fingerprint density at radius 1 is 1.70 bits per heavy atom. The summed E-state index contributed by atoms with van der Waals surface area (Å²) in [4.78, 5) is 13.1. The zero-order valence-electron chi connectivity index (χ0n) is 6.76. The Balaban J connectivity index is 2.51. The van der Waals surface area contributed by atoms with Gasteiger partial charge in [-0.1, -0.05) is 6.92 Å². The van der Waals surface area contributed by atoms with Gasteiger partial charge in [-0.05, 0) is 19.3 Å². The lowest BCUT2D eigenvalue weighted by Gasteiger charge is -2.28. The monoisotopic (exact) mass is 141 g/mol. The molecule has 0 saturated carbocycles. The van der Waals surface area contributed by atoms with Crippen molar-refractivity contribution < 1.29 is 4.79 Å². The summed E-state index contributed by atoms with van der Waals surface area (Å²) in [6.45, 7) is 3.04. The molecule has 58 valence electrons. The molecule has 1 saturated heterocycles. The van der Waals surface area contributed by atoms with Gasteiger partial charge in [0, 0.05) is 19.5 Å². The molecule has 0 aromatic rings. The van der Waals surface area contributed by atoms with E-state index in [0.717, 1.165) is 19.4 Å². The van der Waals surface area contributed by atoms with Crippen LogP contribution in [-0.2, 0) is 4.79 Å². The SMILES string of the molecule is CCC1CCCN(C)C1=O. The maximum atomic E-state index is 11.3. The number of hydrogen-bond acceptors (Lipinski definition) is 1. The number of hydrogen-bond donors (Lipinski definition) is 0. The zero-order valence-corrected chi connectivity index (χ0v) is 6.76. The molecule has 2 nitrogen and oxygen atoms in total. The molecule has 0 spiro atoms. The highest BCUT2D eigenvalue weighted by Crippen LogP contribution is 2.18. The van der Waals surface area contributed by atoms with Crippen LogP contribution in [0.15, 0.2) is 0 Å². The van der Waals surface area contributed by atoms with Gasteiger partial charge in [0.2, 0.25) is 5.91 Å². The molecule has 1 atom stereocenters. The van der Waals surface area contributed by atoms with Crippen molar-refractivity contribution in [1.29, 1.82) is 0 Å². The van der Waals surface area contributed by atoms with Crippen molar-refractivity contribution in [3.05, 3.63) is 0 Å². The molecule has 1 unspecified atom stereocenters. The molecule has 0 aliphatic carbocycles. The second-order valence-corrected chi connectivity index (χ2v) is 3.01. The Morgan fingerprint density at radius 3 is 2.90 bits per heavy atom. The van der Waals surface area contributed by atoms with E-state index in [4.69, 9.17) is 0 Å². The molecule has 1 rings (SSSR count). The standard InChI is InChI=1S/C8H15NO/c1-3-7-5-4-6-9(2)8(7)10/h7H,3-6H2,1-2H3. The average molecular weight is 141 g/mol. The molecule has 1 fully saturated rings. The second-order valence-electron chi connectivity index (χ2n) is 3.01. The highest BCUT2D eigenvalue weighted by Gasteiger charge is 2.23. The maximum absolute atomic E-state index is 11.3. The Morgan fingerprint density at radius 2 is 2.40 bits per heavy atom. The van der Waals surface area contributed by atoms with Gasteiger partial charge in [0.25, 0.3) is 0 Å². The summed E-state index contributed by atoms with van der Waals surface area (Å²) in [5, 5.41) is 0. The molecule has 1 heterocycles. The minimum atomic E-state index is 0.318. The average Bonchev–Trinajstić information content (AvgIpc) is 1.95. The largest absolute Gasteiger partial charge is 0.346 e. The van der Waals surface area contributed by atoms with Crippen LogP contribution < -0.4 is 0 Å². The summed E-state index contributed by atoms with van der Waals surface area (Å²) in [5.41, 5.74) is 0. The maximum Gasteiger partial charge on any atom is 0.225 e. The van der Waals surface area contributed by atoms with E-state index in [1.54, 1.807) is 0 Å². The van der Waals surface area contributed by atoms with Crippen molar-refractivity contribution in [3.63, 3.8) is 0 Å². The van der Waals surface area contributed by atoms with Gasteiger partial charge < -0.3 is 4.90 Å². The van der Waals surface area contributed by atoms with E-state index in [1.165, 1.54) is 6.42 Å². The molecular formula is C8H15NO. The topological polar surface area (TPSA) is 20.3 Å². The van der Waals surface area contributed by atoms with Crippen LogP contribution in [0.3, 0.4) is 0 Å². The van der Waals surface area contributed by atoms with Gasteiger partial charge in [-0.2, -0.15) is 0 Å². The number of piperidine rings is 1. The molecule has 0 aromatic heterocycles. The molecular weight excluding hydrogens is 126 g/mol. The highest BCUT2D eigenvalue weighted by molar-refractivity contribution is 5.79. The lowest BCUT2D eigenvalue weighted by Crippen LogP contribution is -2.37. The number of carbonyl (C=O) groups is 1. The number of carbonyl (C=O) groups excluding carboxylic acids is 1. The predicted molar refractivity (Wildman–Crippen MR) is 40.7 cm³/mol. The summed E-state index contributed by atoms with van der Waals surface area (Å²) in [6.07, 6.45) is 3.28. The third-order valence-electron chi connectivity index (χ3n) is 2.26. The quantitative estimate of drug-likeness (QED) is 0.538. The van der Waals surface area contributed by atoms with Crippen LogP contribution >= 0.6 is 0 Å². The fraction of sp³-hybridized carbons (Fsp3) is 0.875. The Hall–Kier alpha value is -0.530. The first kappa shape index (κ1) is 7.58. The summed E-state index contributed by atoms with van der Waals surface area (Å²) in [7, 11) is 1.89. The van der Waals surface area contributed by atoms with Gasteiger partial charge in [0.15, 0.2) is 0 Å². The van der Waals surface area contributed by atoms with Crippen LogP contribution in [0.25, 0.3) is 0 Å². The number of nitrogens with zero attached hydrogens (tertiary/aromatic N) is 1. The molecule has 10 heavy (non-hydrogen) atoms. The molecule has 1 aliphatic rings. The van der Waals surface area contributed by atoms with Crippen molar-refractivity contribution in [2.75, 3.05) is 13.6 Å². The van der Waals surface area contributed by atoms with Crippen molar-refractivity contribution in [2.45, 2.75) is 26.2 Å². The molecule has 1 amide bonds. The minimum absolute atomic E-state index is 0.318. The van der Waals surface area contributed by atoms with E-state index < -0.39 is 0 Å². The van der Waals surface area contributed by atoms with E-state index in [0.29, 0.717) is 11.8 Å². The van der Waals surface area contributed by atoms with Crippen LogP contribution in [0, 0.1) is 5.92 Å². The Bertz CT molecular complexity index is 133. The van der Waals surface area contributed by atoms with Gasteiger partial charge in [0.1, 0.15) is 0 Å². The normalized spacial score (nSPS) is 27.2. The van der Waals surface area contributed by atoms with Crippen molar-refractivity contribution in [3.8, 4) is 0 Å². The van der Waals surface area contributed by atoms with Crippen molar-refractivity contribution in [2.24, 2.45) is 5.92 Å². The first-order chi connectivity index (χ1) is 4.75. The van der Waals surface area contributed by atoms with E-state index in [9.17, 15) is 4.79 Å². The second kappa shape index (κ2) is 3.04. The van der Waals surface area contributed by atoms with Gasteiger partial charge >= 0.3 is 0 Å². The molecule has 0 N–H and O–H groups in total. The summed E-state index contributed by atoms with van der Waals surface area (Å²) < 4.78 is 0. The summed E-state index contributed by atoms with van der Waals surface area (Å²) in [5.74, 6) is 0.660. The van der Waals surface area contributed by atoms with E-state index in [-0.39, 0.29) is 0 Å². The fourth-order valence-electron chi connectivity index (χ4n) is 1.50. The van der Waals surface area contributed by atoms with Gasteiger partial charge in [-0.3, -0.25) is 4.79 Å². The van der Waals surface area contributed by atoms with Crippen LogP contribution in [0.1, 0.15) is 26.2 Å². The highest BCUT2D eigenvalue weighted by atomic mass is 16.2. The Kier molecular flexibility index (Phi) is 2.30. The summed E-state index contributed by atoms with van der Waals surface area (Å²) in [6, 6.07) is 0. The zero-order chi connectivity index (χ0) is 7.56. The molecule has 0 radical (unpaired) electrons. The van der Waals surface area contributed by atoms with E-state index in [1.807, 2.05) is 11.9 Å². The molecule has 1 aliphatic heterocycles. The van der Waals surface area contributed by atoms with Crippen LogP contribution in [0.5, 0.6) is 0 Å². The Labute approximate surface area is 62.2 Å². The van der Waals surface area contributed by atoms with E-state index in [2.05, 4.69) is 6.92 Å². The van der Waals surface area contributed by atoms with Gasteiger partial charge in [0.05, 0.1) is 0 Å². The predicted octanol–water partition coefficient (Wildman–Crippen LogP) is 1.26. The van der Waals surface area contributed by atoms with Crippen LogP contribution in [-0.4, -0.2) is 24.4 Å². The molecule has 0 aromatic carbocycles. The summed E-state index contributed by atoms with van der Waals surface area (Å²) >= 11 is 0. The van der Waals surface area contributed by atoms with Gasteiger partial charge in [-0.25, -0.2) is 0 Å². The lowest BCUT2D eigenvalue weighted by molar-refractivity contribution is -0.136. The minimum Gasteiger partial charge on any atom is -0.346 e. The smallest absolute Gasteiger partial charge is 0.225 e. The molecule has 0 bridgehead atoms. The third-order valence-corrected chi connectivity index (χ3v) is 2.26. The van der Waals surface area contributed by atoms with Crippen molar-refractivity contribution >= 4 is 5.91 Å². The van der Waals surface area contributed by atoms with Gasteiger partial charge in [-0.15, -0.1) is 0 Å². The van der Waals surface area contributed by atoms with Crippen LogP contribution in [0.2, 0.25) is 0 Å². The third kappa shape index (κ3) is 1.31. The number of rotatable bonds is 1. The first-order valence-corrected chi connectivity index (χ1v) is 4.00. The van der Waals surface area contributed by atoms with Crippen LogP contribution in [0.4, 0.5) is 0 Å².